The van der Waals surface area contributed by atoms with Crippen LogP contribution in [-0.4, -0.2) is 54.3 Å². The van der Waals surface area contributed by atoms with E-state index in [-0.39, 0.29) is 30.8 Å². The van der Waals surface area contributed by atoms with E-state index >= 15 is 0 Å². The second-order valence-electron chi connectivity index (χ2n) is 9.22. The van der Waals surface area contributed by atoms with E-state index in [9.17, 15) is 19.5 Å². The van der Waals surface area contributed by atoms with Crippen LogP contribution in [0.15, 0.2) is 48.5 Å². The molecule has 198 valence electrons. The lowest BCUT2D eigenvalue weighted by molar-refractivity contribution is -0.142. The maximum Gasteiger partial charge on any atom is 0.407 e. The predicted molar refractivity (Wildman–Crippen MR) is 140 cm³/mol. The molecule has 1 aliphatic carbocycles. The van der Waals surface area contributed by atoms with Crippen LogP contribution in [-0.2, 0) is 14.3 Å². The molecule has 0 radical (unpaired) electrons. The van der Waals surface area contributed by atoms with Gasteiger partial charge in [0.1, 0.15) is 18.7 Å². The zero-order valence-corrected chi connectivity index (χ0v) is 21.1. The summed E-state index contributed by atoms with van der Waals surface area (Å²) >= 11 is 0. The predicted octanol–water partition coefficient (Wildman–Crippen LogP) is 2.77. The van der Waals surface area contributed by atoms with Crippen molar-refractivity contribution in [1.82, 2.24) is 16.0 Å². The molecule has 2 amide bonds. The van der Waals surface area contributed by atoms with E-state index in [1.165, 1.54) is 0 Å². The number of nitrogens with two attached hydrogens (primary N) is 1. The van der Waals surface area contributed by atoms with Crippen molar-refractivity contribution in [1.29, 1.82) is 5.41 Å². The van der Waals surface area contributed by atoms with Crippen molar-refractivity contribution < 1.29 is 24.2 Å². The second-order valence-corrected chi connectivity index (χ2v) is 9.22. The highest BCUT2D eigenvalue weighted by molar-refractivity contribution is 5.89. The molecule has 0 fully saturated rings. The molecule has 0 saturated carbocycles. The Labute approximate surface area is 216 Å². The number of amides is 2. The molecule has 1 aliphatic rings. The Morgan fingerprint density at radius 2 is 1.65 bits per heavy atom. The fourth-order valence-electron chi connectivity index (χ4n) is 4.52. The Morgan fingerprint density at radius 3 is 2.19 bits per heavy atom. The van der Waals surface area contributed by atoms with Gasteiger partial charge in [0, 0.05) is 12.5 Å². The topological polar surface area (TPSA) is 167 Å². The Morgan fingerprint density at radius 1 is 1.05 bits per heavy atom. The first-order valence-corrected chi connectivity index (χ1v) is 12.5. The lowest BCUT2D eigenvalue weighted by Gasteiger charge is -2.25. The molecule has 2 aromatic rings. The van der Waals surface area contributed by atoms with E-state index in [0.717, 1.165) is 22.3 Å². The number of guanidine groups is 1. The second kappa shape index (κ2) is 12.8. The zero-order chi connectivity index (χ0) is 26.9. The van der Waals surface area contributed by atoms with E-state index in [4.69, 9.17) is 15.9 Å². The Kier molecular flexibility index (Phi) is 9.48. The van der Waals surface area contributed by atoms with Gasteiger partial charge in [0.15, 0.2) is 5.96 Å². The molecular formula is C27H35N5O5. The number of carbonyl (C=O) groups excluding carboxylic acids is 2. The Balaban J connectivity index is 1.62. The first kappa shape index (κ1) is 27.5. The normalized spacial score (nSPS) is 14.4. The largest absolute Gasteiger partial charge is 0.480 e. The zero-order valence-electron chi connectivity index (χ0n) is 21.1. The van der Waals surface area contributed by atoms with Crippen molar-refractivity contribution in [3.05, 3.63) is 59.7 Å². The summed E-state index contributed by atoms with van der Waals surface area (Å²) in [4.78, 5) is 37.5. The summed E-state index contributed by atoms with van der Waals surface area (Å²) < 4.78 is 5.58. The van der Waals surface area contributed by atoms with Crippen LogP contribution in [0.25, 0.3) is 11.1 Å². The van der Waals surface area contributed by atoms with Gasteiger partial charge in [0.2, 0.25) is 5.91 Å². The number of ether oxygens (including phenoxy) is 1. The molecule has 0 spiro atoms. The van der Waals surface area contributed by atoms with Crippen LogP contribution in [0, 0.1) is 11.3 Å². The van der Waals surface area contributed by atoms with Gasteiger partial charge in [-0.25, -0.2) is 9.59 Å². The standard InChI is InChI=1S/C27H35N5O5/c1-3-16(2)23(24(33)31-22(25(34)35)13-8-14-30-26(28)29)32-27(36)37-15-21-19-11-6-4-9-17(19)18-10-5-7-12-20(18)21/h4-7,9-12,16,21-23H,3,8,13-15H2,1-2H3,(H,31,33)(H,32,36)(H,34,35)(H4,28,29,30)/t16-,22-,23-/m0/s1. The molecule has 10 nitrogen and oxygen atoms in total. The highest BCUT2D eigenvalue weighted by Gasteiger charge is 2.32. The quantitative estimate of drug-likeness (QED) is 0.145. The first-order valence-electron chi connectivity index (χ1n) is 12.5. The number of nitrogens with one attached hydrogen (secondary N) is 4. The molecule has 0 unspecified atom stereocenters. The van der Waals surface area contributed by atoms with E-state index in [1.807, 2.05) is 55.5 Å². The molecule has 7 N–H and O–H groups in total. The third-order valence-corrected chi connectivity index (χ3v) is 6.71. The van der Waals surface area contributed by atoms with Gasteiger partial charge in [-0.2, -0.15) is 0 Å². The van der Waals surface area contributed by atoms with Gasteiger partial charge in [-0.1, -0.05) is 68.8 Å². The average molecular weight is 510 g/mol. The molecular weight excluding hydrogens is 474 g/mol. The number of carboxylic acids is 1. The van der Waals surface area contributed by atoms with Crippen molar-refractivity contribution in [2.45, 2.75) is 51.1 Å². The third kappa shape index (κ3) is 6.99. The Hall–Kier alpha value is -4.08. The fourth-order valence-corrected chi connectivity index (χ4v) is 4.52. The van der Waals surface area contributed by atoms with Gasteiger partial charge >= 0.3 is 12.1 Å². The summed E-state index contributed by atoms with van der Waals surface area (Å²) in [5.74, 6) is -2.35. The average Bonchev–Trinajstić information content (AvgIpc) is 3.20. The van der Waals surface area contributed by atoms with Crippen LogP contribution in [0.1, 0.15) is 50.2 Å². The van der Waals surface area contributed by atoms with Crippen LogP contribution in [0.5, 0.6) is 0 Å². The van der Waals surface area contributed by atoms with Crippen molar-refractivity contribution in [2.75, 3.05) is 13.2 Å². The van der Waals surface area contributed by atoms with Crippen LogP contribution in [0.3, 0.4) is 0 Å². The minimum absolute atomic E-state index is 0.107. The smallest absolute Gasteiger partial charge is 0.407 e. The monoisotopic (exact) mass is 509 g/mol. The SMILES string of the molecule is CC[C@H](C)[C@H](NC(=O)OCC1c2ccccc2-c2ccccc21)C(=O)N[C@@H](CCCNC(=N)N)C(=O)O. The number of alkyl carbamates (subject to hydrolysis) is 1. The molecule has 10 heteroatoms. The number of benzene rings is 2. The summed E-state index contributed by atoms with van der Waals surface area (Å²) in [6.07, 6.45) is 0.367. The van der Waals surface area contributed by atoms with Gasteiger partial charge in [0.05, 0.1) is 0 Å². The molecule has 0 aliphatic heterocycles. The molecule has 3 rings (SSSR count). The van der Waals surface area contributed by atoms with Crippen LogP contribution < -0.4 is 21.7 Å². The van der Waals surface area contributed by atoms with E-state index < -0.39 is 30.1 Å². The molecule has 2 aromatic carbocycles. The van der Waals surface area contributed by atoms with Crippen LogP contribution in [0.2, 0.25) is 0 Å². The maximum absolute atomic E-state index is 13.0. The highest BCUT2D eigenvalue weighted by Crippen LogP contribution is 2.44. The van der Waals surface area contributed by atoms with Crippen LogP contribution in [0.4, 0.5) is 4.79 Å². The number of aliphatic carboxylic acids is 1. The summed E-state index contributed by atoms with van der Waals surface area (Å²) in [6, 6.07) is 13.9. The van der Waals surface area contributed by atoms with Gasteiger partial charge in [-0.3, -0.25) is 10.2 Å². The number of rotatable bonds is 12. The lowest BCUT2D eigenvalue weighted by Crippen LogP contribution is -2.54. The minimum Gasteiger partial charge on any atom is -0.480 e. The van der Waals surface area contributed by atoms with Crippen molar-refractivity contribution >= 4 is 23.9 Å². The van der Waals surface area contributed by atoms with Gasteiger partial charge in [-0.05, 0) is 41.0 Å². The lowest BCUT2D eigenvalue weighted by atomic mass is 9.97. The van der Waals surface area contributed by atoms with E-state index in [1.54, 1.807) is 6.92 Å². The molecule has 0 saturated heterocycles. The summed E-state index contributed by atoms with van der Waals surface area (Å²) in [7, 11) is 0. The fraction of sp³-hybridized carbons (Fsp3) is 0.407. The molecule has 37 heavy (non-hydrogen) atoms. The Bertz CT molecular complexity index is 1090. The van der Waals surface area contributed by atoms with E-state index in [2.05, 4.69) is 16.0 Å². The van der Waals surface area contributed by atoms with Crippen molar-refractivity contribution in [3.63, 3.8) is 0 Å². The number of fused-ring (bicyclic) bond motifs is 3. The van der Waals surface area contributed by atoms with Gasteiger partial charge in [-0.15, -0.1) is 0 Å². The molecule has 0 heterocycles. The molecule has 0 aromatic heterocycles. The summed E-state index contributed by atoms with van der Waals surface area (Å²) in [5.41, 5.74) is 9.62. The van der Waals surface area contributed by atoms with E-state index in [0.29, 0.717) is 19.4 Å². The molecule has 0 bridgehead atoms. The summed E-state index contributed by atoms with van der Waals surface area (Å²) in [6.45, 7) is 4.10. The van der Waals surface area contributed by atoms with Crippen molar-refractivity contribution in [3.8, 4) is 11.1 Å². The highest BCUT2D eigenvalue weighted by atomic mass is 16.5. The van der Waals surface area contributed by atoms with Gasteiger partial charge in [0.25, 0.3) is 0 Å². The van der Waals surface area contributed by atoms with Crippen molar-refractivity contribution in [2.24, 2.45) is 11.7 Å². The number of carboxylic acid groups (broad SMARTS) is 1. The maximum atomic E-state index is 13.0. The summed E-state index contributed by atoms with van der Waals surface area (Å²) in [5, 5.41) is 24.5. The number of hydrogen-bond donors (Lipinski definition) is 6. The van der Waals surface area contributed by atoms with Gasteiger partial charge < -0.3 is 31.5 Å². The first-order chi connectivity index (χ1) is 17.7. The third-order valence-electron chi connectivity index (χ3n) is 6.71. The molecule has 3 atom stereocenters. The minimum atomic E-state index is -1.18. The van der Waals surface area contributed by atoms with Crippen LogP contribution >= 0.6 is 0 Å². The number of hydrogen-bond acceptors (Lipinski definition) is 5. The number of carbonyl (C=O) groups is 3.